The van der Waals surface area contributed by atoms with Crippen LogP contribution in [0, 0.1) is 12.8 Å². The maximum atomic E-state index is 12.4. The molecule has 7 heteroatoms. The summed E-state index contributed by atoms with van der Waals surface area (Å²) >= 11 is 1.33. The van der Waals surface area contributed by atoms with Crippen LogP contribution in [0.1, 0.15) is 31.0 Å². The van der Waals surface area contributed by atoms with E-state index in [9.17, 15) is 9.59 Å². The first-order valence-electron chi connectivity index (χ1n) is 8.86. The van der Waals surface area contributed by atoms with Gasteiger partial charge in [0.15, 0.2) is 5.13 Å². The molecule has 0 unspecified atom stereocenters. The quantitative estimate of drug-likeness (QED) is 0.855. The summed E-state index contributed by atoms with van der Waals surface area (Å²) in [4.78, 5) is 30.7. The normalized spacial score (nSPS) is 17.0. The number of thiazole rings is 1. The van der Waals surface area contributed by atoms with Gasteiger partial charge in [0.25, 0.3) is 0 Å². The van der Waals surface area contributed by atoms with Gasteiger partial charge in [-0.25, -0.2) is 9.78 Å². The second-order valence-corrected chi connectivity index (χ2v) is 7.71. The van der Waals surface area contributed by atoms with E-state index in [0.717, 1.165) is 30.8 Å². The number of anilines is 2. The van der Waals surface area contributed by atoms with Crippen LogP contribution in [-0.2, 0) is 11.2 Å². The van der Waals surface area contributed by atoms with Gasteiger partial charge in [-0.2, -0.15) is 0 Å². The molecule has 26 heavy (non-hydrogen) atoms. The molecule has 1 aliphatic rings. The Morgan fingerprint density at radius 3 is 2.77 bits per heavy atom. The molecule has 0 bridgehead atoms. The van der Waals surface area contributed by atoms with Gasteiger partial charge >= 0.3 is 6.03 Å². The number of hydrogen-bond acceptors (Lipinski definition) is 4. The van der Waals surface area contributed by atoms with Crippen molar-refractivity contribution < 1.29 is 9.59 Å². The predicted molar refractivity (Wildman–Crippen MR) is 105 cm³/mol. The smallest absolute Gasteiger partial charge is 0.325 e. The summed E-state index contributed by atoms with van der Waals surface area (Å²) in [5, 5.41) is 7.80. The van der Waals surface area contributed by atoms with Gasteiger partial charge in [0, 0.05) is 24.2 Å². The number of nitrogens with one attached hydrogen (secondary N) is 2. The van der Waals surface area contributed by atoms with E-state index in [4.69, 9.17) is 0 Å². The van der Waals surface area contributed by atoms with E-state index in [0.29, 0.717) is 16.7 Å². The lowest BCUT2D eigenvalue weighted by molar-refractivity contribution is -0.132. The summed E-state index contributed by atoms with van der Waals surface area (Å²) in [5.41, 5.74) is 2.55. The number of aromatic nitrogens is 1. The third-order valence-corrected chi connectivity index (χ3v) is 5.23. The monoisotopic (exact) mass is 372 g/mol. The Morgan fingerprint density at radius 1 is 1.27 bits per heavy atom. The van der Waals surface area contributed by atoms with Gasteiger partial charge in [-0.05, 0) is 37.8 Å². The lowest BCUT2D eigenvalue weighted by Crippen LogP contribution is -2.39. The molecule has 3 rings (SSSR count). The predicted octanol–water partition coefficient (Wildman–Crippen LogP) is 3.90. The third-order valence-electron chi connectivity index (χ3n) is 4.42. The van der Waals surface area contributed by atoms with Crippen molar-refractivity contribution in [3.05, 3.63) is 40.9 Å². The van der Waals surface area contributed by atoms with Gasteiger partial charge in [0.2, 0.25) is 5.91 Å². The number of aryl methyl sites for hydroxylation is 1. The highest BCUT2D eigenvalue weighted by Gasteiger charge is 2.21. The topological polar surface area (TPSA) is 74.3 Å². The zero-order chi connectivity index (χ0) is 18.5. The molecule has 2 aromatic rings. The lowest BCUT2D eigenvalue weighted by atomic mass is 10.00. The molecule has 3 amide bonds. The van der Waals surface area contributed by atoms with Crippen molar-refractivity contribution in [1.29, 1.82) is 0 Å². The maximum Gasteiger partial charge on any atom is 0.325 e. The Hall–Kier alpha value is -2.41. The molecule has 138 valence electrons. The molecule has 1 aromatic carbocycles. The number of carbonyl (C=O) groups excluding carboxylic acids is 2. The van der Waals surface area contributed by atoms with Crippen LogP contribution < -0.4 is 10.6 Å². The van der Waals surface area contributed by atoms with Gasteiger partial charge in [-0.15, -0.1) is 11.3 Å². The Morgan fingerprint density at radius 2 is 2.04 bits per heavy atom. The fourth-order valence-corrected chi connectivity index (χ4v) is 3.73. The van der Waals surface area contributed by atoms with E-state index < -0.39 is 0 Å². The minimum absolute atomic E-state index is 0.109. The van der Waals surface area contributed by atoms with Crippen LogP contribution in [0.25, 0.3) is 0 Å². The van der Waals surface area contributed by atoms with Crippen LogP contribution in [0.4, 0.5) is 15.6 Å². The van der Waals surface area contributed by atoms with Crippen molar-refractivity contribution >= 4 is 34.1 Å². The van der Waals surface area contributed by atoms with E-state index in [2.05, 4.69) is 22.5 Å². The second-order valence-electron chi connectivity index (χ2n) is 6.85. The molecule has 1 saturated heterocycles. The first kappa shape index (κ1) is 18.4. The minimum atomic E-state index is -0.342. The standard InChI is InChI=1S/C19H24N4O2S/c1-13-5-7-15(8-6-13)20-18(25)22-19-21-16(12-26-19)10-17(24)23-9-3-4-14(2)11-23/h5-8,12,14H,3-4,9-11H2,1-2H3,(H2,20,21,22,25)/t14-/m0/s1. The minimum Gasteiger partial charge on any atom is -0.342 e. The van der Waals surface area contributed by atoms with E-state index in [1.807, 2.05) is 41.5 Å². The molecule has 1 aliphatic heterocycles. The number of carbonyl (C=O) groups is 2. The molecule has 0 saturated carbocycles. The molecule has 0 spiro atoms. The summed E-state index contributed by atoms with van der Waals surface area (Å²) in [6, 6.07) is 7.22. The van der Waals surface area contributed by atoms with Gasteiger partial charge in [-0.3, -0.25) is 10.1 Å². The number of piperidine rings is 1. The molecule has 0 radical (unpaired) electrons. The van der Waals surface area contributed by atoms with Crippen LogP contribution >= 0.6 is 11.3 Å². The summed E-state index contributed by atoms with van der Waals surface area (Å²) < 4.78 is 0. The van der Waals surface area contributed by atoms with Crippen molar-refractivity contribution in [1.82, 2.24) is 9.88 Å². The molecular weight excluding hydrogens is 348 g/mol. The zero-order valence-corrected chi connectivity index (χ0v) is 15.9. The highest BCUT2D eigenvalue weighted by Crippen LogP contribution is 2.19. The molecule has 1 fully saturated rings. The van der Waals surface area contributed by atoms with Gasteiger partial charge in [0.05, 0.1) is 12.1 Å². The molecule has 6 nitrogen and oxygen atoms in total. The van der Waals surface area contributed by atoms with Crippen molar-refractivity contribution in [3.8, 4) is 0 Å². The first-order valence-corrected chi connectivity index (χ1v) is 9.74. The summed E-state index contributed by atoms with van der Waals surface area (Å²) in [6.07, 6.45) is 2.53. The summed E-state index contributed by atoms with van der Waals surface area (Å²) in [6.45, 7) is 5.83. The number of rotatable bonds is 4. The van der Waals surface area contributed by atoms with Crippen LogP contribution in [0.2, 0.25) is 0 Å². The summed E-state index contributed by atoms with van der Waals surface area (Å²) in [7, 11) is 0. The van der Waals surface area contributed by atoms with E-state index in [1.165, 1.54) is 17.8 Å². The largest absolute Gasteiger partial charge is 0.342 e. The van der Waals surface area contributed by atoms with E-state index >= 15 is 0 Å². The SMILES string of the molecule is Cc1ccc(NC(=O)Nc2nc(CC(=O)N3CCC[C@H](C)C3)cs2)cc1. The maximum absolute atomic E-state index is 12.4. The number of amides is 3. The average molecular weight is 372 g/mol. The van der Waals surface area contributed by atoms with Gasteiger partial charge < -0.3 is 10.2 Å². The average Bonchev–Trinajstić information content (AvgIpc) is 3.03. The van der Waals surface area contributed by atoms with Crippen molar-refractivity contribution in [2.24, 2.45) is 5.92 Å². The fourth-order valence-electron chi connectivity index (χ4n) is 3.02. The molecular formula is C19H24N4O2S. The van der Waals surface area contributed by atoms with Gasteiger partial charge in [-0.1, -0.05) is 24.6 Å². The number of nitrogens with zero attached hydrogens (tertiary/aromatic N) is 2. The van der Waals surface area contributed by atoms with Gasteiger partial charge in [0.1, 0.15) is 0 Å². The number of hydrogen-bond donors (Lipinski definition) is 2. The van der Waals surface area contributed by atoms with Crippen molar-refractivity contribution in [3.63, 3.8) is 0 Å². The molecule has 2 N–H and O–H groups in total. The van der Waals surface area contributed by atoms with Crippen LogP contribution in [0.5, 0.6) is 0 Å². The molecule has 0 aliphatic carbocycles. The summed E-state index contributed by atoms with van der Waals surface area (Å²) in [5.74, 6) is 0.670. The Labute approximate surface area is 157 Å². The van der Waals surface area contributed by atoms with E-state index in [-0.39, 0.29) is 18.4 Å². The molecule has 2 heterocycles. The Kier molecular flexibility index (Phi) is 5.88. The van der Waals surface area contributed by atoms with E-state index in [1.54, 1.807) is 0 Å². The van der Waals surface area contributed by atoms with Crippen LogP contribution in [-0.4, -0.2) is 34.9 Å². The second kappa shape index (κ2) is 8.31. The number of likely N-dealkylation sites (tertiary alicyclic amines) is 1. The van der Waals surface area contributed by atoms with Crippen LogP contribution in [0.3, 0.4) is 0 Å². The number of urea groups is 1. The van der Waals surface area contributed by atoms with Crippen molar-refractivity contribution in [2.45, 2.75) is 33.1 Å². The highest BCUT2D eigenvalue weighted by atomic mass is 32.1. The zero-order valence-electron chi connectivity index (χ0n) is 15.1. The Bertz CT molecular complexity index is 772. The Balaban J connectivity index is 1.51. The van der Waals surface area contributed by atoms with Crippen LogP contribution in [0.15, 0.2) is 29.6 Å². The first-order chi connectivity index (χ1) is 12.5. The highest BCUT2D eigenvalue weighted by molar-refractivity contribution is 7.14. The third kappa shape index (κ3) is 5.05. The molecule has 1 aromatic heterocycles. The molecule has 1 atom stereocenters. The lowest BCUT2D eigenvalue weighted by Gasteiger charge is -2.30. The number of benzene rings is 1. The van der Waals surface area contributed by atoms with Crippen molar-refractivity contribution in [2.75, 3.05) is 23.7 Å². The fraction of sp³-hybridized carbons (Fsp3) is 0.421.